The Balaban J connectivity index is 1.36. The fraction of sp³-hybridized carbons (Fsp3) is 0.200. The van der Waals surface area contributed by atoms with Crippen molar-refractivity contribution in [2.45, 2.75) is 24.9 Å². The normalized spacial score (nSPS) is 13.4. The molecule has 0 radical (unpaired) electrons. The van der Waals surface area contributed by atoms with E-state index in [-0.39, 0.29) is 17.7 Å². The van der Waals surface area contributed by atoms with Gasteiger partial charge in [-0.05, 0) is 48.7 Å². The van der Waals surface area contributed by atoms with Crippen molar-refractivity contribution in [3.05, 3.63) is 89.9 Å². The number of furan rings is 1. The second-order valence-corrected chi connectivity index (χ2v) is 7.78. The zero-order valence-corrected chi connectivity index (χ0v) is 18.2. The highest BCUT2D eigenvalue weighted by molar-refractivity contribution is 5.98. The van der Waals surface area contributed by atoms with Crippen LogP contribution in [0.15, 0.2) is 77.4 Å². The minimum absolute atomic E-state index is 0.0390. The monoisotopic (exact) mass is 461 g/mol. The van der Waals surface area contributed by atoms with Crippen LogP contribution >= 0.6 is 0 Å². The second kappa shape index (κ2) is 10.5. The molecule has 3 amide bonds. The van der Waals surface area contributed by atoms with E-state index in [0.29, 0.717) is 16.8 Å². The van der Waals surface area contributed by atoms with Crippen LogP contribution in [0.5, 0.6) is 0 Å². The lowest BCUT2D eigenvalue weighted by Gasteiger charge is -2.17. The van der Waals surface area contributed by atoms with Gasteiger partial charge in [-0.25, -0.2) is 4.79 Å². The molecule has 9 heteroatoms. The first-order valence-electron chi connectivity index (χ1n) is 10.8. The maximum absolute atomic E-state index is 12.8. The van der Waals surface area contributed by atoms with Gasteiger partial charge in [0.1, 0.15) is 0 Å². The fourth-order valence-corrected chi connectivity index (χ4v) is 3.19. The summed E-state index contributed by atoms with van der Waals surface area (Å²) in [4.78, 5) is 49.7. The molecule has 34 heavy (non-hydrogen) atoms. The number of hydrogen-bond donors (Lipinski definition) is 3. The lowest BCUT2D eigenvalue weighted by Crippen LogP contribution is -2.36. The summed E-state index contributed by atoms with van der Waals surface area (Å²) in [5.74, 6) is -2.15. The number of anilines is 1. The molecule has 1 atom stereocenters. The molecule has 1 fully saturated rings. The summed E-state index contributed by atoms with van der Waals surface area (Å²) >= 11 is 0. The van der Waals surface area contributed by atoms with Gasteiger partial charge in [-0.2, -0.15) is 0 Å². The smallest absolute Gasteiger partial charge is 0.333 e. The molecule has 2 aromatic carbocycles. The molecule has 174 valence electrons. The van der Waals surface area contributed by atoms with Crippen molar-refractivity contribution in [2.24, 2.45) is 0 Å². The third-order valence-corrected chi connectivity index (χ3v) is 5.06. The fourth-order valence-electron chi connectivity index (χ4n) is 3.19. The van der Waals surface area contributed by atoms with E-state index in [2.05, 4.69) is 16.0 Å². The quantitative estimate of drug-likeness (QED) is 0.421. The van der Waals surface area contributed by atoms with E-state index < -0.39 is 30.4 Å². The maximum Gasteiger partial charge on any atom is 0.333 e. The third kappa shape index (κ3) is 6.10. The SMILES string of the molecule is O=C(COC(=O)C(NC(=O)c1ccco1)c1ccccc1)Nc1cccc(C(=O)NC2CC2)c1. The van der Waals surface area contributed by atoms with Crippen LogP contribution in [0.2, 0.25) is 0 Å². The number of nitrogens with one attached hydrogen (secondary N) is 3. The van der Waals surface area contributed by atoms with Crippen LogP contribution in [0.25, 0.3) is 0 Å². The molecular formula is C25H23N3O6. The molecule has 1 heterocycles. The van der Waals surface area contributed by atoms with Gasteiger partial charge in [0.05, 0.1) is 6.26 Å². The molecule has 0 bridgehead atoms. The number of esters is 1. The van der Waals surface area contributed by atoms with Gasteiger partial charge in [-0.15, -0.1) is 0 Å². The van der Waals surface area contributed by atoms with Gasteiger partial charge in [-0.3, -0.25) is 14.4 Å². The molecule has 0 aliphatic heterocycles. The average Bonchev–Trinajstić information content (AvgIpc) is 3.49. The maximum atomic E-state index is 12.8. The van der Waals surface area contributed by atoms with Crippen LogP contribution in [0, 0.1) is 0 Å². The van der Waals surface area contributed by atoms with Gasteiger partial charge in [0.15, 0.2) is 18.4 Å². The summed E-state index contributed by atoms with van der Waals surface area (Å²) in [5, 5.41) is 8.05. The summed E-state index contributed by atoms with van der Waals surface area (Å²) in [6.07, 6.45) is 3.29. The van der Waals surface area contributed by atoms with E-state index >= 15 is 0 Å². The van der Waals surface area contributed by atoms with Gasteiger partial charge >= 0.3 is 5.97 Å². The molecule has 1 saturated carbocycles. The Labute approximate surface area is 195 Å². The number of carbonyl (C=O) groups excluding carboxylic acids is 4. The predicted octanol–water partition coefficient (Wildman–Crippen LogP) is 2.82. The highest BCUT2D eigenvalue weighted by Gasteiger charge is 2.27. The summed E-state index contributed by atoms with van der Waals surface area (Å²) in [5.41, 5.74) is 1.31. The lowest BCUT2D eigenvalue weighted by molar-refractivity contribution is -0.149. The number of ether oxygens (including phenoxy) is 1. The van der Waals surface area contributed by atoms with E-state index in [1.165, 1.54) is 12.3 Å². The van der Waals surface area contributed by atoms with Gasteiger partial charge in [0.25, 0.3) is 17.7 Å². The Bertz CT molecular complexity index is 1170. The molecule has 3 N–H and O–H groups in total. The van der Waals surface area contributed by atoms with Crippen LogP contribution in [-0.2, 0) is 14.3 Å². The number of rotatable bonds is 9. The average molecular weight is 461 g/mol. The first kappa shape index (κ1) is 22.8. The topological polar surface area (TPSA) is 127 Å². The molecule has 1 aliphatic carbocycles. The van der Waals surface area contributed by atoms with Crippen molar-refractivity contribution < 1.29 is 28.3 Å². The first-order valence-corrected chi connectivity index (χ1v) is 10.8. The van der Waals surface area contributed by atoms with Gasteiger partial charge in [0, 0.05) is 17.3 Å². The van der Waals surface area contributed by atoms with Crippen molar-refractivity contribution in [2.75, 3.05) is 11.9 Å². The third-order valence-electron chi connectivity index (χ3n) is 5.06. The zero-order valence-electron chi connectivity index (χ0n) is 18.2. The molecular weight excluding hydrogens is 438 g/mol. The van der Waals surface area contributed by atoms with E-state index in [9.17, 15) is 19.2 Å². The van der Waals surface area contributed by atoms with Crippen LogP contribution in [0.3, 0.4) is 0 Å². The lowest BCUT2D eigenvalue weighted by atomic mass is 10.1. The molecule has 1 aromatic heterocycles. The Morgan fingerprint density at radius 1 is 0.941 bits per heavy atom. The van der Waals surface area contributed by atoms with Crippen molar-refractivity contribution in [1.82, 2.24) is 10.6 Å². The first-order chi connectivity index (χ1) is 16.5. The Hall–Kier alpha value is -4.40. The van der Waals surface area contributed by atoms with Crippen LogP contribution in [-0.4, -0.2) is 36.3 Å². The van der Waals surface area contributed by atoms with E-state index in [1.54, 1.807) is 60.7 Å². The van der Waals surface area contributed by atoms with Gasteiger partial charge in [0.2, 0.25) is 0 Å². The van der Waals surface area contributed by atoms with E-state index in [1.807, 2.05) is 0 Å². The Morgan fingerprint density at radius 2 is 1.74 bits per heavy atom. The predicted molar refractivity (Wildman–Crippen MR) is 122 cm³/mol. The van der Waals surface area contributed by atoms with Crippen molar-refractivity contribution >= 4 is 29.4 Å². The largest absolute Gasteiger partial charge is 0.459 e. The van der Waals surface area contributed by atoms with Gasteiger partial charge in [-0.1, -0.05) is 36.4 Å². The number of benzene rings is 2. The van der Waals surface area contributed by atoms with Crippen LogP contribution < -0.4 is 16.0 Å². The van der Waals surface area contributed by atoms with Crippen LogP contribution in [0.4, 0.5) is 5.69 Å². The molecule has 1 aliphatic rings. The Kier molecular flexibility index (Phi) is 7.02. The summed E-state index contributed by atoms with van der Waals surface area (Å²) in [7, 11) is 0. The summed E-state index contributed by atoms with van der Waals surface area (Å²) < 4.78 is 10.2. The molecule has 3 aromatic rings. The van der Waals surface area contributed by atoms with Gasteiger partial charge < -0.3 is 25.1 Å². The zero-order chi connectivity index (χ0) is 23.9. The summed E-state index contributed by atoms with van der Waals surface area (Å²) in [6, 6.07) is 17.1. The number of hydrogen-bond acceptors (Lipinski definition) is 6. The minimum Gasteiger partial charge on any atom is -0.459 e. The Morgan fingerprint density at radius 3 is 2.44 bits per heavy atom. The number of carbonyl (C=O) groups is 4. The molecule has 9 nitrogen and oxygen atoms in total. The molecule has 0 spiro atoms. The number of amides is 3. The van der Waals surface area contributed by atoms with Crippen molar-refractivity contribution in [1.29, 1.82) is 0 Å². The van der Waals surface area contributed by atoms with E-state index in [4.69, 9.17) is 9.15 Å². The van der Waals surface area contributed by atoms with Crippen LogP contribution in [0.1, 0.15) is 45.4 Å². The highest BCUT2D eigenvalue weighted by Crippen LogP contribution is 2.20. The minimum atomic E-state index is -1.14. The molecule has 4 rings (SSSR count). The van der Waals surface area contributed by atoms with E-state index in [0.717, 1.165) is 12.8 Å². The van der Waals surface area contributed by atoms with Crippen molar-refractivity contribution in [3.63, 3.8) is 0 Å². The molecule has 0 saturated heterocycles. The standard InChI is InChI=1S/C25H23N3O6/c29-21(26-19-9-4-8-17(14-19)23(30)27-18-11-12-18)15-34-25(32)22(16-6-2-1-3-7-16)28-24(31)20-10-5-13-33-20/h1-10,13-14,18,22H,11-12,15H2,(H,26,29)(H,27,30)(H,28,31). The summed E-state index contributed by atoms with van der Waals surface area (Å²) in [6.45, 7) is -0.572. The molecule has 1 unspecified atom stereocenters. The highest BCUT2D eigenvalue weighted by atomic mass is 16.5. The van der Waals surface area contributed by atoms with Crippen molar-refractivity contribution in [3.8, 4) is 0 Å². The second-order valence-electron chi connectivity index (χ2n) is 7.78.